The Morgan fingerprint density at radius 1 is 1.83 bits per heavy atom. The predicted octanol–water partition coefficient (Wildman–Crippen LogP) is 0.338. The fourth-order valence-electron chi connectivity index (χ4n) is 0.895. The van der Waals surface area contributed by atoms with E-state index in [4.69, 9.17) is 22.5 Å². The highest BCUT2D eigenvalue weighted by Gasteiger charge is 2.32. The van der Waals surface area contributed by atoms with Crippen LogP contribution < -0.4 is 5.14 Å². The minimum absolute atomic E-state index is 0.451. The highest BCUT2D eigenvalue weighted by molar-refractivity contribution is 8.21. The zero-order valence-corrected chi connectivity index (χ0v) is 8.55. The predicted molar refractivity (Wildman–Crippen MR) is 55.0 cm³/mol. The number of nitrogens with zero attached hydrogens (tertiary/aromatic N) is 1. The largest absolute Gasteiger partial charge is 0.480 e. The normalized spacial score (nSPS) is 22.8. The lowest BCUT2D eigenvalue weighted by Gasteiger charge is -2.20. The van der Waals surface area contributed by atoms with Crippen LogP contribution in [0, 0.1) is 0 Å². The average Bonchev–Trinajstić information content (AvgIpc) is 2.50. The molecule has 7 heteroatoms. The van der Waals surface area contributed by atoms with Crippen LogP contribution in [0.1, 0.15) is 0 Å². The quantitative estimate of drug-likeness (QED) is 0.491. The Bertz CT molecular complexity index is 211. The number of hydrogen-bond donors (Lipinski definition) is 2. The molecule has 68 valence electrons. The zero-order valence-electron chi connectivity index (χ0n) is 6.10. The van der Waals surface area contributed by atoms with E-state index in [1.165, 1.54) is 0 Å². The Labute approximate surface area is 84.0 Å². The Hall–Kier alpha value is 0.0200. The van der Waals surface area contributed by atoms with Crippen molar-refractivity contribution in [2.45, 2.75) is 6.04 Å². The first-order valence-corrected chi connectivity index (χ1v) is 5.59. The standard InChI is InChI=1S/C5H8N2O2S3/c6-12-5(10)7-2-11-1-3(7)4(8)9/h3H,1-2,6H2,(H,8,9). The monoisotopic (exact) mass is 224 g/mol. The fourth-order valence-corrected chi connectivity index (χ4v) is 2.73. The first kappa shape index (κ1) is 10.1. The molecular weight excluding hydrogens is 216 g/mol. The van der Waals surface area contributed by atoms with Gasteiger partial charge in [0.25, 0.3) is 0 Å². The van der Waals surface area contributed by atoms with Crippen molar-refractivity contribution < 1.29 is 9.90 Å². The topological polar surface area (TPSA) is 66.6 Å². The average molecular weight is 224 g/mol. The number of thioether (sulfide) groups is 1. The molecule has 3 N–H and O–H groups in total. The maximum atomic E-state index is 10.7. The van der Waals surface area contributed by atoms with Gasteiger partial charge in [-0.2, -0.15) is 0 Å². The second-order valence-electron chi connectivity index (χ2n) is 2.21. The van der Waals surface area contributed by atoms with Gasteiger partial charge >= 0.3 is 5.97 Å². The van der Waals surface area contributed by atoms with Crippen LogP contribution in [0.15, 0.2) is 0 Å². The van der Waals surface area contributed by atoms with E-state index < -0.39 is 12.0 Å². The summed E-state index contributed by atoms with van der Waals surface area (Å²) < 4.78 is 0.451. The molecule has 1 heterocycles. The van der Waals surface area contributed by atoms with E-state index in [1.807, 2.05) is 0 Å². The van der Waals surface area contributed by atoms with E-state index in [0.717, 1.165) is 11.9 Å². The summed E-state index contributed by atoms with van der Waals surface area (Å²) in [5.74, 6) is 0.368. The number of nitrogens with two attached hydrogens (primary N) is 1. The van der Waals surface area contributed by atoms with Crippen LogP contribution in [0.4, 0.5) is 0 Å². The SMILES string of the molecule is NSC(=S)N1CSCC1C(=O)O. The van der Waals surface area contributed by atoms with Gasteiger partial charge in [0.15, 0.2) is 4.32 Å². The summed E-state index contributed by atoms with van der Waals surface area (Å²) in [4.78, 5) is 12.3. The second-order valence-corrected chi connectivity index (χ2v) is 4.47. The summed E-state index contributed by atoms with van der Waals surface area (Å²) in [5, 5.41) is 14.0. The van der Waals surface area contributed by atoms with E-state index in [-0.39, 0.29) is 0 Å². The van der Waals surface area contributed by atoms with Gasteiger partial charge in [0.1, 0.15) is 6.04 Å². The zero-order chi connectivity index (χ0) is 9.14. The molecule has 0 aliphatic carbocycles. The van der Waals surface area contributed by atoms with Gasteiger partial charge in [-0.25, -0.2) is 4.79 Å². The van der Waals surface area contributed by atoms with Gasteiger partial charge in [0.2, 0.25) is 0 Å². The molecule has 1 fully saturated rings. The van der Waals surface area contributed by atoms with Crippen molar-refractivity contribution >= 4 is 46.2 Å². The molecule has 0 bridgehead atoms. The molecule has 0 amide bonds. The summed E-state index contributed by atoms with van der Waals surface area (Å²) in [6.45, 7) is 0. The van der Waals surface area contributed by atoms with E-state index in [9.17, 15) is 4.79 Å². The minimum atomic E-state index is -0.837. The number of rotatable bonds is 1. The molecule has 1 rings (SSSR count). The van der Waals surface area contributed by atoms with Gasteiger partial charge < -0.3 is 10.0 Å². The second kappa shape index (κ2) is 4.31. The van der Waals surface area contributed by atoms with Gasteiger partial charge in [-0.1, -0.05) is 12.2 Å². The molecule has 4 nitrogen and oxygen atoms in total. The number of thiocarbonyl (C=S) groups is 1. The molecule has 0 spiro atoms. The van der Waals surface area contributed by atoms with Gasteiger partial charge in [0.05, 0.1) is 5.88 Å². The first-order valence-electron chi connectivity index (χ1n) is 3.14. The lowest BCUT2D eigenvalue weighted by Crippen LogP contribution is -2.40. The van der Waals surface area contributed by atoms with Crippen LogP contribution in [0.25, 0.3) is 0 Å². The lowest BCUT2D eigenvalue weighted by atomic mass is 10.3. The Balaban J connectivity index is 2.63. The summed E-state index contributed by atoms with van der Waals surface area (Å²) in [5.41, 5.74) is 0. The Morgan fingerprint density at radius 3 is 3.00 bits per heavy atom. The van der Waals surface area contributed by atoms with Crippen molar-refractivity contribution in [2.24, 2.45) is 5.14 Å². The van der Waals surface area contributed by atoms with E-state index >= 15 is 0 Å². The highest BCUT2D eigenvalue weighted by Crippen LogP contribution is 2.23. The third kappa shape index (κ3) is 2.03. The number of hydrogen-bond acceptors (Lipinski definition) is 5. The van der Waals surface area contributed by atoms with Crippen molar-refractivity contribution in [1.29, 1.82) is 0 Å². The molecule has 0 radical (unpaired) electrons. The third-order valence-corrected chi connectivity index (χ3v) is 3.47. The number of aliphatic carboxylic acids is 1. The molecule has 1 unspecified atom stereocenters. The van der Waals surface area contributed by atoms with Gasteiger partial charge in [-0.05, 0) is 11.9 Å². The summed E-state index contributed by atoms with van der Waals surface area (Å²) in [7, 11) is 0. The molecule has 1 aliphatic heterocycles. The molecule has 1 saturated heterocycles. The number of carboxylic acid groups (broad SMARTS) is 1. The van der Waals surface area contributed by atoms with Crippen LogP contribution in [-0.4, -0.2) is 38.0 Å². The first-order chi connectivity index (χ1) is 5.66. The van der Waals surface area contributed by atoms with E-state index in [2.05, 4.69) is 0 Å². The van der Waals surface area contributed by atoms with Crippen LogP contribution >= 0.6 is 35.9 Å². The molecule has 12 heavy (non-hydrogen) atoms. The fraction of sp³-hybridized carbons (Fsp3) is 0.600. The minimum Gasteiger partial charge on any atom is -0.480 e. The number of carboxylic acids is 1. The van der Waals surface area contributed by atoms with Crippen molar-refractivity contribution in [3.05, 3.63) is 0 Å². The maximum Gasteiger partial charge on any atom is 0.327 e. The summed E-state index contributed by atoms with van der Waals surface area (Å²) >= 11 is 7.37. The third-order valence-electron chi connectivity index (χ3n) is 1.50. The summed E-state index contributed by atoms with van der Waals surface area (Å²) in [6, 6.07) is -0.501. The summed E-state index contributed by atoms with van der Waals surface area (Å²) in [6.07, 6.45) is 0. The van der Waals surface area contributed by atoms with E-state index in [0.29, 0.717) is 16.0 Å². The molecule has 0 saturated carbocycles. The van der Waals surface area contributed by atoms with E-state index in [1.54, 1.807) is 16.7 Å². The Kier molecular flexibility index (Phi) is 3.63. The molecule has 1 atom stereocenters. The van der Waals surface area contributed by atoms with Crippen molar-refractivity contribution in [3.63, 3.8) is 0 Å². The molecule has 0 aromatic carbocycles. The molecule has 0 aromatic heterocycles. The van der Waals surface area contributed by atoms with Crippen molar-refractivity contribution in [3.8, 4) is 0 Å². The van der Waals surface area contributed by atoms with Gasteiger partial charge in [-0.15, -0.1) is 11.8 Å². The molecule has 1 aliphatic rings. The van der Waals surface area contributed by atoms with Crippen LogP contribution in [0.5, 0.6) is 0 Å². The van der Waals surface area contributed by atoms with Crippen LogP contribution in [-0.2, 0) is 4.79 Å². The maximum absolute atomic E-state index is 10.7. The molecular formula is C5H8N2O2S3. The van der Waals surface area contributed by atoms with Crippen molar-refractivity contribution in [2.75, 3.05) is 11.6 Å². The lowest BCUT2D eigenvalue weighted by molar-refractivity contribution is -0.140. The van der Waals surface area contributed by atoms with Gasteiger partial charge in [0, 0.05) is 5.75 Å². The van der Waals surface area contributed by atoms with Gasteiger partial charge in [-0.3, -0.25) is 5.14 Å². The Morgan fingerprint density at radius 2 is 2.50 bits per heavy atom. The van der Waals surface area contributed by atoms with Crippen molar-refractivity contribution in [1.82, 2.24) is 4.90 Å². The number of carbonyl (C=O) groups is 1. The van der Waals surface area contributed by atoms with Crippen LogP contribution in [0.3, 0.4) is 0 Å². The highest BCUT2D eigenvalue weighted by atomic mass is 32.2. The molecule has 0 aromatic rings. The smallest absolute Gasteiger partial charge is 0.327 e. The van der Waals surface area contributed by atoms with Crippen LogP contribution in [0.2, 0.25) is 0 Å².